The number of hydrogen-bond acceptors (Lipinski definition) is 3. The van der Waals surface area contributed by atoms with Crippen LogP contribution in [0.4, 0.5) is 0 Å². The quantitative estimate of drug-likeness (QED) is 0.745. The number of benzene rings is 1. The summed E-state index contributed by atoms with van der Waals surface area (Å²) >= 11 is 0. The van der Waals surface area contributed by atoms with Gasteiger partial charge in [0.05, 0.1) is 0 Å². The van der Waals surface area contributed by atoms with Gasteiger partial charge in [0, 0.05) is 6.54 Å². The molecule has 0 aliphatic heterocycles. The lowest BCUT2D eigenvalue weighted by Gasteiger charge is -2.23. The maximum Gasteiger partial charge on any atom is 0.119 e. The summed E-state index contributed by atoms with van der Waals surface area (Å²) in [6.45, 7) is 7.65. The molecule has 1 atom stereocenters. The van der Waals surface area contributed by atoms with Gasteiger partial charge in [0.15, 0.2) is 0 Å². The first kappa shape index (κ1) is 15.0. The second-order valence-corrected chi connectivity index (χ2v) is 4.96. The maximum atomic E-state index is 10.1. The molecule has 1 aromatic carbocycles. The SMILES string of the molecule is CCCc1ccc(OCC(C)(O)CNCC)cc1. The summed E-state index contributed by atoms with van der Waals surface area (Å²) in [5.41, 5.74) is 0.488. The van der Waals surface area contributed by atoms with E-state index >= 15 is 0 Å². The van der Waals surface area contributed by atoms with Gasteiger partial charge in [0.2, 0.25) is 0 Å². The fourth-order valence-corrected chi connectivity index (χ4v) is 1.73. The van der Waals surface area contributed by atoms with Gasteiger partial charge in [-0.15, -0.1) is 0 Å². The fraction of sp³-hybridized carbons (Fsp3) is 0.600. The number of nitrogens with one attached hydrogen (secondary N) is 1. The Hall–Kier alpha value is -1.06. The van der Waals surface area contributed by atoms with Crippen LogP contribution in [0.2, 0.25) is 0 Å². The molecule has 2 N–H and O–H groups in total. The molecule has 0 fully saturated rings. The largest absolute Gasteiger partial charge is 0.491 e. The van der Waals surface area contributed by atoms with Crippen molar-refractivity contribution in [1.29, 1.82) is 0 Å². The molecule has 3 nitrogen and oxygen atoms in total. The van der Waals surface area contributed by atoms with Crippen molar-refractivity contribution in [1.82, 2.24) is 5.32 Å². The van der Waals surface area contributed by atoms with Crippen LogP contribution in [0, 0.1) is 0 Å². The predicted octanol–water partition coefficient (Wildman–Crippen LogP) is 2.38. The van der Waals surface area contributed by atoms with Gasteiger partial charge in [-0.25, -0.2) is 0 Å². The van der Waals surface area contributed by atoms with Crippen LogP contribution in [0.15, 0.2) is 24.3 Å². The van der Waals surface area contributed by atoms with Crippen molar-refractivity contribution in [2.24, 2.45) is 0 Å². The predicted molar refractivity (Wildman–Crippen MR) is 75.1 cm³/mol. The third-order valence-electron chi connectivity index (χ3n) is 2.77. The Labute approximate surface area is 110 Å². The van der Waals surface area contributed by atoms with E-state index in [1.165, 1.54) is 5.56 Å². The van der Waals surface area contributed by atoms with Crippen LogP contribution in [0.3, 0.4) is 0 Å². The number of ether oxygens (including phenoxy) is 1. The van der Waals surface area contributed by atoms with E-state index in [2.05, 4.69) is 24.4 Å². The molecule has 0 bridgehead atoms. The summed E-state index contributed by atoms with van der Waals surface area (Å²) in [5, 5.41) is 13.2. The molecule has 18 heavy (non-hydrogen) atoms. The highest BCUT2D eigenvalue weighted by molar-refractivity contribution is 5.27. The fourth-order valence-electron chi connectivity index (χ4n) is 1.73. The average Bonchev–Trinajstić information content (AvgIpc) is 2.36. The van der Waals surface area contributed by atoms with Crippen LogP contribution < -0.4 is 10.1 Å². The molecule has 0 aliphatic carbocycles. The Kier molecular flexibility index (Phi) is 6.16. The van der Waals surface area contributed by atoms with Crippen LogP contribution in [0.5, 0.6) is 5.75 Å². The van der Waals surface area contributed by atoms with Gasteiger partial charge in [0.25, 0.3) is 0 Å². The molecule has 0 saturated carbocycles. The average molecular weight is 251 g/mol. The normalized spacial score (nSPS) is 14.2. The Morgan fingerprint density at radius 2 is 1.89 bits per heavy atom. The first-order valence-corrected chi connectivity index (χ1v) is 6.72. The van der Waals surface area contributed by atoms with Crippen molar-refractivity contribution in [2.45, 2.75) is 39.2 Å². The van der Waals surface area contributed by atoms with Gasteiger partial charge in [0.1, 0.15) is 18.0 Å². The number of likely N-dealkylation sites (N-methyl/N-ethyl adjacent to an activating group) is 1. The lowest BCUT2D eigenvalue weighted by Crippen LogP contribution is -2.42. The van der Waals surface area contributed by atoms with Crippen LogP contribution in [-0.4, -0.2) is 30.4 Å². The van der Waals surface area contributed by atoms with Crippen molar-refractivity contribution in [2.75, 3.05) is 19.7 Å². The first-order chi connectivity index (χ1) is 8.57. The molecule has 0 amide bonds. The molecule has 102 valence electrons. The second kappa shape index (κ2) is 7.39. The van der Waals surface area contributed by atoms with E-state index in [9.17, 15) is 5.11 Å². The molecule has 3 heteroatoms. The maximum absolute atomic E-state index is 10.1. The van der Waals surface area contributed by atoms with Gasteiger partial charge < -0.3 is 15.2 Å². The van der Waals surface area contributed by atoms with Gasteiger partial charge >= 0.3 is 0 Å². The summed E-state index contributed by atoms with van der Waals surface area (Å²) in [7, 11) is 0. The van der Waals surface area contributed by atoms with Crippen LogP contribution in [-0.2, 0) is 6.42 Å². The molecule has 1 rings (SSSR count). The van der Waals surface area contributed by atoms with Gasteiger partial charge in [-0.1, -0.05) is 32.4 Å². The van der Waals surface area contributed by atoms with Gasteiger partial charge in [-0.3, -0.25) is 0 Å². The van der Waals surface area contributed by atoms with E-state index in [0.717, 1.165) is 25.1 Å². The Morgan fingerprint density at radius 3 is 2.44 bits per heavy atom. The lowest BCUT2D eigenvalue weighted by molar-refractivity contribution is 0.0127. The highest BCUT2D eigenvalue weighted by Gasteiger charge is 2.20. The van der Waals surface area contributed by atoms with Crippen molar-refractivity contribution < 1.29 is 9.84 Å². The summed E-state index contributed by atoms with van der Waals surface area (Å²) in [4.78, 5) is 0. The van der Waals surface area contributed by atoms with Gasteiger partial charge in [-0.05, 0) is 37.6 Å². The molecule has 0 aliphatic rings. The van der Waals surface area contributed by atoms with E-state index < -0.39 is 5.60 Å². The zero-order valence-electron chi connectivity index (χ0n) is 11.7. The zero-order valence-corrected chi connectivity index (χ0v) is 11.7. The number of hydrogen-bond donors (Lipinski definition) is 2. The van der Waals surface area contributed by atoms with E-state index in [-0.39, 0.29) is 0 Å². The molecule has 0 heterocycles. The molecule has 1 aromatic rings. The summed E-state index contributed by atoms with van der Waals surface area (Å²) < 4.78 is 5.61. The molecule has 0 radical (unpaired) electrons. The standard InChI is InChI=1S/C15H25NO2/c1-4-6-13-7-9-14(10-8-13)18-12-15(3,17)11-16-5-2/h7-10,16-17H,4-6,11-12H2,1-3H3. The highest BCUT2D eigenvalue weighted by atomic mass is 16.5. The summed E-state index contributed by atoms with van der Waals surface area (Å²) in [6, 6.07) is 8.10. The smallest absolute Gasteiger partial charge is 0.119 e. The molecular formula is C15H25NO2. The van der Waals surface area contributed by atoms with Crippen molar-refractivity contribution in [3.8, 4) is 5.75 Å². The lowest BCUT2D eigenvalue weighted by atomic mass is 10.1. The Morgan fingerprint density at radius 1 is 1.22 bits per heavy atom. The molecule has 1 unspecified atom stereocenters. The van der Waals surface area contributed by atoms with Crippen LogP contribution >= 0.6 is 0 Å². The summed E-state index contributed by atoms with van der Waals surface area (Å²) in [5.74, 6) is 0.812. The van der Waals surface area contributed by atoms with E-state index in [1.807, 2.05) is 19.1 Å². The first-order valence-electron chi connectivity index (χ1n) is 6.72. The highest BCUT2D eigenvalue weighted by Crippen LogP contribution is 2.15. The van der Waals surface area contributed by atoms with E-state index in [0.29, 0.717) is 13.2 Å². The minimum absolute atomic E-state index is 0.299. The Balaban J connectivity index is 2.42. The molecule has 0 saturated heterocycles. The zero-order chi connectivity index (χ0) is 13.4. The second-order valence-electron chi connectivity index (χ2n) is 4.96. The van der Waals surface area contributed by atoms with Crippen molar-refractivity contribution >= 4 is 0 Å². The minimum Gasteiger partial charge on any atom is -0.491 e. The molecule has 0 spiro atoms. The van der Waals surface area contributed by atoms with E-state index in [1.54, 1.807) is 6.92 Å². The number of aliphatic hydroxyl groups is 1. The van der Waals surface area contributed by atoms with Crippen molar-refractivity contribution in [3.05, 3.63) is 29.8 Å². The number of rotatable bonds is 8. The van der Waals surface area contributed by atoms with Crippen molar-refractivity contribution in [3.63, 3.8) is 0 Å². The summed E-state index contributed by atoms with van der Waals surface area (Å²) in [6.07, 6.45) is 2.25. The number of aryl methyl sites for hydroxylation is 1. The van der Waals surface area contributed by atoms with Crippen LogP contribution in [0.25, 0.3) is 0 Å². The van der Waals surface area contributed by atoms with Gasteiger partial charge in [-0.2, -0.15) is 0 Å². The third kappa shape index (κ3) is 5.52. The monoisotopic (exact) mass is 251 g/mol. The molecule has 0 aromatic heterocycles. The third-order valence-corrected chi connectivity index (χ3v) is 2.77. The van der Waals surface area contributed by atoms with E-state index in [4.69, 9.17) is 4.74 Å². The van der Waals surface area contributed by atoms with Crippen LogP contribution in [0.1, 0.15) is 32.8 Å². The topological polar surface area (TPSA) is 41.5 Å². The Bertz CT molecular complexity index is 333. The minimum atomic E-state index is -0.835. The molecular weight excluding hydrogens is 226 g/mol.